The molecule has 13 heteroatoms. The van der Waals surface area contributed by atoms with Crippen LogP contribution in [0, 0.1) is 11.6 Å². The number of aryl methyl sites for hydroxylation is 1. The van der Waals surface area contributed by atoms with Crippen molar-refractivity contribution in [2.45, 2.75) is 83.9 Å². The highest BCUT2D eigenvalue weighted by molar-refractivity contribution is 5.66. The fourth-order valence-corrected chi connectivity index (χ4v) is 5.89. The van der Waals surface area contributed by atoms with Crippen molar-refractivity contribution < 1.29 is 23.4 Å². The molecule has 2 aromatic heterocycles. The zero-order valence-corrected chi connectivity index (χ0v) is 23.0. The van der Waals surface area contributed by atoms with E-state index in [-0.39, 0.29) is 24.3 Å². The van der Waals surface area contributed by atoms with Crippen molar-refractivity contribution in [1.82, 2.24) is 39.6 Å². The van der Waals surface area contributed by atoms with Crippen LogP contribution in [0.5, 0.6) is 0 Å². The monoisotopic (exact) mass is 544 g/mol. The number of carbonyl (C=O) groups is 1. The average Bonchev–Trinajstić information content (AvgIpc) is 3.53. The molecule has 0 saturated carbocycles. The number of amides is 1. The molecule has 210 valence electrons. The largest absolute Gasteiger partial charge is 0.465 e. The van der Waals surface area contributed by atoms with Gasteiger partial charge in [0, 0.05) is 43.3 Å². The number of imidazole rings is 1. The lowest BCUT2D eigenvalue weighted by Crippen LogP contribution is -2.58. The summed E-state index contributed by atoms with van der Waals surface area (Å²) < 4.78 is 38.9. The second kappa shape index (κ2) is 9.94. The number of nitrogens with zero attached hydrogens (tertiary/aromatic N) is 8. The molecule has 0 bridgehead atoms. The van der Waals surface area contributed by atoms with E-state index in [1.807, 2.05) is 0 Å². The van der Waals surface area contributed by atoms with Crippen molar-refractivity contribution in [3.63, 3.8) is 0 Å². The Labute approximate surface area is 225 Å². The summed E-state index contributed by atoms with van der Waals surface area (Å²) in [7, 11) is 1.77. The third-order valence-electron chi connectivity index (χ3n) is 7.51. The SMILES string of the molecule is CC(C)n1c(-c2nnnn2C)nc2c1CN([C@H]1CO[C@H](c3cc(F)ccc3F)[C@@H](N(C(=O)O)C(C)(C)C)C1)C2. The Morgan fingerprint density at radius 1 is 1.21 bits per heavy atom. The number of hydrogen-bond acceptors (Lipinski definition) is 7. The molecule has 2 aliphatic rings. The number of aromatic nitrogens is 6. The van der Waals surface area contributed by atoms with Gasteiger partial charge >= 0.3 is 6.09 Å². The van der Waals surface area contributed by atoms with Crippen molar-refractivity contribution in [3.8, 4) is 11.6 Å². The number of hydrogen-bond donors (Lipinski definition) is 1. The van der Waals surface area contributed by atoms with Gasteiger partial charge in [-0.25, -0.2) is 23.2 Å². The number of fused-ring (bicyclic) bond motifs is 1. The van der Waals surface area contributed by atoms with Crippen LogP contribution >= 0.6 is 0 Å². The van der Waals surface area contributed by atoms with Crippen LogP contribution in [0.25, 0.3) is 11.6 Å². The van der Waals surface area contributed by atoms with Gasteiger partial charge in [0.2, 0.25) is 5.82 Å². The minimum atomic E-state index is -1.14. The van der Waals surface area contributed by atoms with Gasteiger partial charge in [-0.1, -0.05) is 0 Å². The van der Waals surface area contributed by atoms with Crippen molar-refractivity contribution in [2.75, 3.05) is 6.61 Å². The topological polar surface area (TPSA) is 114 Å². The average molecular weight is 545 g/mol. The summed E-state index contributed by atoms with van der Waals surface area (Å²) in [4.78, 5) is 20.9. The Kier molecular flexibility index (Phi) is 6.91. The van der Waals surface area contributed by atoms with E-state index < -0.39 is 35.4 Å². The number of ether oxygens (including phenoxy) is 1. The third kappa shape index (κ3) is 4.89. The van der Waals surface area contributed by atoms with Gasteiger partial charge in [0.1, 0.15) is 17.7 Å². The highest BCUT2D eigenvalue weighted by Gasteiger charge is 2.46. The summed E-state index contributed by atoms with van der Waals surface area (Å²) in [5.41, 5.74) is 1.17. The van der Waals surface area contributed by atoms with Crippen molar-refractivity contribution in [3.05, 3.63) is 46.8 Å². The highest BCUT2D eigenvalue weighted by atomic mass is 19.1. The zero-order valence-electron chi connectivity index (χ0n) is 23.0. The maximum atomic E-state index is 14.9. The van der Waals surface area contributed by atoms with Crippen LogP contribution in [0.1, 0.15) is 70.1 Å². The smallest absolute Gasteiger partial charge is 0.408 e. The van der Waals surface area contributed by atoms with E-state index in [4.69, 9.17) is 9.72 Å². The first kappa shape index (κ1) is 27.1. The van der Waals surface area contributed by atoms with Gasteiger partial charge in [0.15, 0.2) is 5.82 Å². The van der Waals surface area contributed by atoms with E-state index in [9.17, 15) is 18.7 Å². The molecule has 0 radical (unpaired) electrons. The predicted molar refractivity (Wildman–Crippen MR) is 137 cm³/mol. The first-order valence-electron chi connectivity index (χ1n) is 13.0. The molecule has 1 amide bonds. The second-order valence-corrected chi connectivity index (χ2v) is 11.5. The van der Waals surface area contributed by atoms with Crippen LogP contribution in [0.3, 0.4) is 0 Å². The van der Waals surface area contributed by atoms with Gasteiger partial charge < -0.3 is 14.4 Å². The molecule has 2 aliphatic heterocycles. The normalized spacial score (nSPS) is 21.9. The Morgan fingerprint density at radius 2 is 1.95 bits per heavy atom. The standard InChI is InChI=1S/C26H34F2N8O3/c1-14(2)35-21-12-34(11-19(21)29-23(35)24-30-31-32-33(24)6)16-10-20(36(25(37)38)26(3,4)5)22(39-13-16)17-9-15(27)7-8-18(17)28/h7-9,14,16,20,22H,10-13H2,1-6H3,(H,37,38)/t16-,20+,22-/m1/s1. The summed E-state index contributed by atoms with van der Waals surface area (Å²) in [5.74, 6) is 0.0483. The van der Waals surface area contributed by atoms with E-state index in [1.54, 1.807) is 32.5 Å². The maximum absolute atomic E-state index is 14.9. The summed E-state index contributed by atoms with van der Waals surface area (Å²) in [6.07, 6.45) is -1.70. The van der Waals surface area contributed by atoms with Crippen LogP contribution < -0.4 is 0 Å². The fraction of sp³-hybridized carbons (Fsp3) is 0.577. The lowest BCUT2D eigenvalue weighted by molar-refractivity contribution is -0.103. The quantitative estimate of drug-likeness (QED) is 0.514. The second-order valence-electron chi connectivity index (χ2n) is 11.5. The Hall–Kier alpha value is -3.45. The molecule has 1 fully saturated rings. The molecule has 1 aromatic carbocycles. The first-order chi connectivity index (χ1) is 18.4. The van der Waals surface area contributed by atoms with Crippen LogP contribution in [0.4, 0.5) is 13.6 Å². The minimum Gasteiger partial charge on any atom is -0.465 e. The van der Waals surface area contributed by atoms with E-state index in [0.29, 0.717) is 31.2 Å². The Bertz CT molecular complexity index is 1380. The van der Waals surface area contributed by atoms with Crippen LogP contribution in [0.15, 0.2) is 18.2 Å². The highest BCUT2D eigenvalue weighted by Crippen LogP contribution is 2.40. The number of halogens is 2. The molecular formula is C26H34F2N8O3. The van der Waals surface area contributed by atoms with Gasteiger partial charge in [-0.15, -0.1) is 5.10 Å². The lowest BCUT2D eigenvalue weighted by atomic mass is 9.88. The van der Waals surface area contributed by atoms with E-state index in [1.165, 1.54) is 4.90 Å². The summed E-state index contributed by atoms with van der Waals surface area (Å²) in [5, 5.41) is 22.0. The molecule has 39 heavy (non-hydrogen) atoms. The van der Waals surface area contributed by atoms with Crippen molar-refractivity contribution >= 4 is 6.09 Å². The molecule has 3 atom stereocenters. The van der Waals surface area contributed by atoms with Crippen LogP contribution in [-0.4, -0.2) is 75.0 Å². The van der Waals surface area contributed by atoms with Crippen LogP contribution in [-0.2, 0) is 24.9 Å². The number of carboxylic acid groups (broad SMARTS) is 1. The van der Waals surface area contributed by atoms with Gasteiger partial charge in [-0.2, -0.15) is 0 Å². The van der Waals surface area contributed by atoms with E-state index in [0.717, 1.165) is 29.6 Å². The molecule has 4 heterocycles. The van der Waals surface area contributed by atoms with Crippen molar-refractivity contribution in [1.29, 1.82) is 0 Å². The molecule has 11 nitrogen and oxygen atoms in total. The number of tetrazole rings is 1. The Balaban J connectivity index is 1.46. The van der Waals surface area contributed by atoms with Crippen LogP contribution in [0.2, 0.25) is 0 Å². The van der Waals surface area contributed by atoms with Gasteiger partial charge in [0.25, 0.3) is 0 Å². The molecule has 5 rings (SSSR count). The summed E-state index contributed by atoms with van der Waals surface area (Å²) in [6, 6.07) is 2.39. The Morgan fingerprint density at radius 3 is 2.56 bits per heavy atom. The number of benzene rings is 1. The molecule has 1 saturated heterocycles. The summed E-state index contributed by atoms with van der Waals surface area (Å²) >= 11 is 0. The minimum absolute atomic E-state index is 0.0218. The lowest BCUT2D eigenvalue weighted by Gasteiger charge is -2.48. The molecule has 1 N–H and O–H groups in total. The van der Waals surface area contributed by atoms with Gasteiger partial charge in [-0.05, 0) is 69.7 Å². The van der Waals surface area contributed by atoms with Crippen molar-refractivity contribution in [2.24, 2.45) is 7.05 Å². The fourth-order valence-electron chi connectivity index (χ4n) is 5.89. The molecular weight excluding hydrogens is 510 g/mol. The zero-order chi connectivity index (χ0) is 28.2. The predicted octanol–water partition coefficient (Wildman–Crippen LogP) is 3.93. The third-order valence-corrected chi connectivity index (χ3v) is 7.51. The summed E-state index contributed by atoms with van der Waals surface area (Å²) in [6.45, 7) is 10.9. The first-order valence-corrected chi connectivity index (χ1v) is 13.0. The number of rotatable bonds is 5. The van der Waals surface area contributed by atoms with E-state index in [2.05, 4.69) is 38.8 Å². The molecule has 0 spiro atoms. The molecule has 0 aliphatic carbocycles. The van der Waals surface area contributed by atoms with Gasteiger partial charge in [-0.3, -0.25) is 9.80 Å². The maximum Gasteiger partial charge on any atom is 0.408 e. The van der Waals surface area contributed by atoms with E-state index >= 15 is 0 Å². The molecule has 3 aromatic rings. The molecule has 0 unspecified atom stereocenters. The van der Waals surface area contributed by atoms with Gasteiger partial charge in [0.05, 0.1) is 24.0 Å².